The van der Waals surface area contributed by atoms with Gasteiger partial charge in [-0.05, 0) is 18.6 Å². The predicted octanol–water partition coefficient (Wildman–Crippen LogP) is 2.56. The van der Waals surface area contributed by atoms with Crippen LogP contribution in [0.3, 0.4) is 0 Å². The molecule has 2 aromatic heterocycles. The van der Waals surface area contributed by atoms with Gasteiger partial charge in [-0.3, -0.25) is 10.1 Å². The molecule has 1 fully saturated rings. The molecule has 1 aliphatic rings. The normalized spacial score (nSPS) is 16.5. The van der Waals surface area contributed by atoms with E-state index in [2.05, 4.69) is 15.1 Å². The van der Waals surface area contributed by atoms with Crippen LogP contribution < -0.4 is 10.6 Å². The third-order valence-corrected chi connectivity index (χ3v) is 4.79. The molecule has 0 spiro atoms. The molecule has 1 aliphatic heterocycles. The van der Waals surface area contributed by atoms with Crippen molar-refractivity contribution in [3.05, 3.63) is 54.0 Å². The highest BCUT2D eigenvalue weighted by molar-refractivity contribution is 6.13. The van der Waals surface area contributed by atoms with Crippen LogP contribution in [-0.4, -0.2) is 44.7 Å². The van der Waals surface area contributed by atoms with Crippen molar-refractivity contribution in [2.45, 2.75) is 12.6 Å². The van der Waals surface area contributed by atoms with Crippen LogP contribution >= 0.6 is 0 Å². The highest BCUT2D eigenvalue weighted by Crippen LogP contribution is 2.29. The van der Waals surface area contributed by atoms with E-state index in [9.17, 15) is 8.78 Å². The molecule has 0 aliphatic carbocycles. The first kappa shape index (κ1) is 18.0. The van der Waals surface area contributed by atoms with E-state index in [0.717, 1.165) is 0 Å². The quantitative estimate of drug-likeness (QED) is 0.533. The largest absolute Gasteiger partial charge is 0.398 e. The molecular formula is C19H19F2N7. The number of hydrogen-bond donors (Lipinski definition) is 2. The molecule has 0 radical (unpaired) electrons. The molecule has 0 amide bonds. The molecule has 144 valence electrons. The van der Waals surface area contributed by atoms with Gasteiger partial charge in [-0.2, -0.15) is 5.10 Å². The molecule has 9 heteroatoms. The first-order valence-corrected chi connectivity index (χ1v) is 8.81. The van der Waals surface area contributed by atoms with Crippen molar-refractivity contribution in [3.8, 4) is 11.1 Å². The zero-order valence-electron chi connectivity index (χ0n) is 15.2. The second-order valence-corrected chi connectivity index (χ2v) is 6.79. The van der Waals surface area contributed by atoms with Gasteiger partial charge < -0.3 is 10.6 Å². The van der Waals surface area contributed by atoms with Gasteiger partial charge in [-0.15, -0.1) is 0 Å². The SMILES string of the molecule is Cn1cc(-c2cc(C(=N)c3cc(N4CCC(F)C4)ncn3)c(N)cc2F)cn1. The van der Waals surface area contributed by atoms with Crippen LogP contribution in [0.25, 0.3) is 11.1 Å². The van der Waals surface area contributed by atoms with E-state index >= 15 is 0 Å². The molecule has 3 heterocycles. The number of aromatic nitrogens is 4. The maximum Gasteiger partial charge on any atom is 0.133 e. The van der Waals surface area contributed by atoms with Gasteiger partial charge in [-0.25, -0.2) is 18.7 Å². The Morgan fingerprint density at radius 2 is 2.11 bits per heavy atom. The Morgan fingerprint density at radius 3 is 2.79 bits per heavy atom. The number of hydrogen-bond acceptors (Lipinski definition) is 6. The smallest absolute Gasteiger partial charge is 0.133 e. The maximum absolute atomic E-state index is 14.4. The fraction of sp³-hybridized carbons (Fsp3) is 0.263. The van der Waals surface area contributed by atoms with Crippen molar-refractivity contribution < 1.29 is 8.78 Å². The Hall–Kier alpha value is -3.36. The molecule has 0 bridgehead atoms. The average molecular weight is 383 g/mol. The Balaban J connectivity index is 1.70. The van der Waals surface area contributed by atoms with Crippen molar-refractivity contribution in [3.63, 3.8) is 0 Å². The highest BCUT2D eigenvalue weighted by Gasteiger charge is 2.24. The lowest BCUT2D eigenvalue weighted by Crippen LogP contribution is -2.22. The summed E-state index contributed by atoms with van der Waals surface area (Å²) in [5.74, 6) is 0.0690. The van der Waals surface area contributed by atoms with Gasteiger partial charge in [0.25, 0.3) is 0 Å². The summed E-state index contributed by atoms with van der Waals surface area (Å²) in [4.78, 5) is 10.2. The molecule has 1 aromatic carbocycles. The van der Waals surface area contributed by atoms with Crippen molar-refractivity contribution >= 4 is 17.2 Å². The Bertz CT molecular complexity index is 1050. The van der Waals surface area contributed by atoms with Gasteiger partial charge in [0.1, 0.15) is 24.1 Å². The maximum atomic E-state index is 14.4. The minimum Gasteiger partial charge on any atom is -0.398 e. The third-order valence-electron chi connectivity index (χ3n) is 4.79. The lowest BCUT2D eigenvalue weighted by atomic mass is 9.99. The number of halogens is 2. The molecular weight excluding hydrogens is 364 g/mol. The molecule has 3 N–H and O–H groups in total. The van der Waals surface area contributed by atoms with E-state index in [4.69, 9.17) is 11.1 Å². The summed E-state index contributed by atoms with van der Waals surface area (Å²) in [6.07, 6.45) is 4.15. The molecule has 28 heavy (non-hydrogen) atoms. The number of aryl methyl sites for hydroxylation is 1. The number of nitrogens with zero attached hydrogens (tertiary/aromatic N) is 5. The second-order valence-electron chi connectivity index (χ2n) is 6.79. The molecule has 7 nitrogen and oxygen atoms in total. The van der Waals surface area contributed by atoms with E-state index in [1.165, 1.54) is 18.5 Å². The summed E-state index contributed by atoms with van der Waals surface area (Å²) in [7, 11) is 1.74. The Kier molecular flexibility index (Phi) is 4.50. The lowest BCUT2D eigenvalue weighted by Gasteiger charge is -2.17. The van der Waals surface area contributed by atoms with Crippen LogP contribution in [0.4, 0.5) is 20.3 Å². The summed E-state index contributed by atoms with van der Waals surface area (Å²) < 4.78 is 29.5. The number of anilines is 2. The van der Waals surface area contributed by atoms with Gasteiger partial charge in [0, 0.05) is 48.2 Å². The fourth-order valence-corrected chi connectivity index (χ4v) is 3.31. The van der Waals surface area contributed by atoms with E-state index in [0.29, 0.717) is 41.2 Å². The second kappa shape index (κ2) is 6.99. The van der Waals surface area contributed by atoms with Crippen LogP contribution in [-0.2, 0) is 7.05 Å². The van der Waals surface area contributed by atoms with Crippen LogP contribution in [0.1, 0.15) is 17.7 Å². The van der Waals surface area contributed by atoms with Gasteiger partial charge in [0.15, 0.2) is 0 Å². The molecule has 1 saturated heterocycles. The monoisotopic (exact) mass is 383 g/mol. The van der Waals surface area contributed by atoms with Crippen molar-refractivity contribution in [2.75, 3.05) is 23.7 Å². The summed E-state index contributed by atoms with van der Waals surface area (Å²) in [5, 5.41) is 12.6. The molecule has 1 atom stereocenters. The third kappa shape index (κ3) is 3.30. The van der Waals surface area contributed by atoms with Gasteiger partial charge in [0.2, 0.25) is 0 Å². The minimum atomic E-state index is -0.882. The van der Waals surface area contributed by atoms with E-state index < -0.39 is 12.0 Å². The summed E-state index contributed by atoms with van der Waals surface area (Å²) in [6, 6.07) is 4.36. The summed E-state index contributed by atoms with van der Waals surface area (Å²) >= 11 is 0. The summed E-state index contributed by atoms with van der Waals surface area (Å²) in [6.45, 7) is 0.836. The zero-order valence-corrected chi connectivity index (χ0v) is 15.2. The molecule has 1 unspecified atom stereocenters. The zero-order chi connectivity index (χ0) is 19.8. The van der Waals surface area contributed by atoms with Gasteiger partial charge >= 0.3 is 0 Å². The standard InChI is InChI=1S/C19H19F2N7/c1-27-8-11(7-26-27)13-4-14(16(22)5-15(13)21)19(23)17-6-18(25-10-24-17)28-3-2-12(20)9-28/h4-8,10,12,23H,2-3,9,22H2,1H3. The van der Waals surface area contributed by atoms with Crippen LogP contribution in [0.15, 0.2) is 36.9 Å². The van der Waals surface area contributed by atoms with Gasteiger partial charge in [0.05, 0.1) is 24.1 Å². The molecule has 0 saturated carbocycles. The van der Waals surface area contributed by atoms with Crippen molar-refractivity contribution in [1.82, 2.24) is 19.7 Å². The van der Waals surface area contributed by atoms with Gasteiger partial charge in [-0.1, -0.05) is 0 Å². The van der Waals surface area contributed by atoms with E-state index in [1.807, 2.05) is 4.90 Å². The number of nitrogens with one attached hydrogen (secondary N) is 1. The van der Waals surface area contributed by atoms with E-state index in [1.54, 1.807) is 30.2 Å². The lowest BCUT2D eigenvalue weighted by molar-refractivity contribution is 0.364. The van der Waals surface area contributed by atoms with Crippen LogP contribution in [0.2, 0.25) is 0 Å². The fourth-order valence-electron chi connectivity index (χ4n) is 3.31. The van der Waals surface area contributed by atoms with E-state index in [-0.39, 0.29) is 17.9 Å². The minimum absolute atomic E-state index is 0.0438. The number of nitrogens with two attached hydrogens (primary N) is 1. The number of rotatable bonds is 4. The van der Waals surface area contributed by atoms with Crippen LogP contribution in [0, 0.1) is 11.2 Å². The number of alkyl halides is 1. The number of nitrogen functional groups attached to an aromatic ring is 1. The molecule has 3 aromatic rings. The Labute approximate surface area is 160 Å². The first-order chi connectivity index (χ1) is 13.4. The first-order valence-electron chi connectivity index (χ1n) is 8.81. The van der Waals surface area contributed by atoms with Crippen molar-refractivity contribution in [1.29, 1.82) is 5.41 Å². The highest BCUT2D eigenvalue weighted by atomic mass is 19.1. The average Bonchev–Trinajstić information content (AvgIpc) is 3.30. The number of benzene rings is 1. The predicted molar refractivity (Wildman–Crippen MR) is 103 cm³/mol. The van der Waals surface area contributed by atoms with Crippen molar-refractivity contribution in [2.24, 2.45) is 7.05 Å². The topological polar surface area (TPSA) is 96.7 Å². The Morgan fingerprint density at radius 1 is 1.29 bits per heavy atom. The molecule has 4 rings (SSSR count). The summed E-state index contributed by atoms with van der Waals surface area (Å²) in [5.41, 5.74) is 7.75. The van der Waals surface area contributed by atoms with Crippen LogP contribution in [0.5, 0.6) is 0 Å².